The lowest BCUT2D eigenvalue weighted by Gasteiger charge is -2.32. The summed E-state index contributed by atoms with van der Waals surface area (Å²) >= 11 is 5.89. The zero-order valence-corrected chi connectivity index (χ0v) is 17.0. The van der Waals surface area contributed by atoms with E-state index in [4.69, 9.17) is 11.6 Å². The number of benzene rings is 2. The smallest absolute Gasteiger partial charge is 0.256 e. The van der Waals surface area contributed by atoms with Gasteiger partial charge in [-0.05, 0) is 67.2 Å². The van der Waals surface area contributed by atoms with Crippen LogP contribution in [-0.2, 0) is 0 Å². The summed E-state index contributed by atoms with van der Waals surface area (Å²) in [6.07, 6.45) is 1.92. The van der Waals surface area contributed by atoms with E-state index in [-0.39, 0.29) is 23.9 Å². The van der Waals surface area contributed by atoms with Gasteiger partial charge in [-0.1, -0.05) is 36.7 Å². The molecule has 1 saturated heterocycles. The first-order valence-electron chi connectivity index (χ1n) is 9.14. The number of hydrogen-bond acceptors (Lipinski definition) is 2. The predicted octanol–water partition coefficient (Wildman–Crippen LogP) is 5.03. The summed E-state index contributed by atoms with van der Waals surface area (Å²) < 4.78 is 14.6. The lowest BCUT2D eigenvalue weighted by molar-refractivity contribution is 0.0685. The van der Waals surface area contributed by atoms with Gasteiger partial charge in [-0.25, -0.2) is 4.39 Å². The SMILES string of the molecule is CCNCC1CCN(C(=O)c2ccc(-c3ccc(Cl)cc3)cc2F)CC1.Cl. The molecule has 1 aliphatic rings. The summed E-state index contributed by atoms with van der Waals surface area (Å²) in [5, 5.41) is 3.99. The van der Waals surface area contributed by atoms with Crippen LogP contribution in [0.3, 0.4) is 0 Å². The van der Waals surface area contributed by atoms with E-state index >= 15 is 0 Å². The van der Waals surface area contributed by atoms with E-state index in [2.05, 4.69) is 12.2 Å². The fourth-order valence-electron chi connectivity index (χ4n) is 3.37. The predicted molar refractivity (Wildman–Crippen MR) is 111 cm³/mol. The van der Waals surface area contributed by atoms with Crippen molar-refractivity contribution in [2.45, 2.75) is 19.8 Å². The number of nitrogens with zero attached hydrogens (tertiary/aromatic N) is 1. The molecule has 0 atom stereocenters. The molecule has 0 spiro atoms. The third kappa shape index (κ3) is 5.44. The first kappa shape index (κ1) is 21.7. The van der Waals surface area contributed by atoms with Crippen LogP contribution in [0.15, 0.2) is 42.5 Å². The second-order valence-electron chi connectivity index (χ2n) is 6.74. The van der Waals surface area contributed by atoms with Crippen LogP contribution in [0, 0.1) is 11.7 Å². The first-order valence-corrected chi connectivity index (χ1v) is 9.51. The zero-order chi connectivity index (χ0) is 18.5. The van der Waals surface area contributed by atoms with Crippen molar-refractivity contribution >= 4 is 29.9 Å². The molecule has 2 aromatic rings. The topological polar surface area (TPSA) is 32.3 Å². The van der Waals surface area contributed by atoms with Crippen LogP contribution >= 0.6 is 24.0 Å². The Bertz CT molecular complexity index is 759. The van der Waals surface area contributed by atoms with Gasteiger partial charge in [0.1, 0.15) is 5.82 Å². The number of carbonyl (C=O) groups is 1. The van der Waals surface area contributed by atoms with Gasteiger partial charge in [0.25, 0.3) is 5.91 Å². The van der Waals surface area contributed by atoms with Crippen molar-refractivity contribution in [3.05, 3.63) is 58.9 Å². The number of likely N-dealkylation sites (tertiary alicyclic amines) is 1. The lowest BCUT2D eigenvalue weighted by atomic mass is 9.96. The van der Waals surface area contributed by atoms with Crippen molar-refractivity contribution in [2.24, 2.45) is 5.92 Å². The minimum Gasteiger partial charge on any atom is -0.339 e. The Morgan fingerprint density at radius 3 is 2.37 bits per heavy atom. The minimum absolute atomic E-state index is 0. The van der Waals surface area contributed by atoms with E-state index in [0.717, 1.165) is 37.1 Å². The molecular weight excluding hydrogens is 386 g/mol. The standard InChI is InChI=1S/C21H24ClFN2O.ClH/c1-2-24-14-15-9-11-25(12-10-15)21(26)19-8-5-17(13-20(19)23)16-3-6-18(22)7-4-16;/h3-8,13,15,24H,2,9-12,14H2,1H3;1H. The number of amides is 1. The Balaban J connectivity index is 0.00000261. The van der Waals surface area contributed by atoms with E-state index in [0.29, 0.717) is 24.0 Å². The van der Waals surface area contributed by atoms with Gasteiger partial charge in [0.2, 0.25) is 0 Å². The molecule has 1 aliphatic heterocycles. The number of halogens is 3. The minimum atomic E-state index is -0.475. The van der Waals surface area contributed by atoms with Crippen molar-refractivity contribution in [2.75, 3.05) is 26.2 Å². The number of hydrogen-bond donors (Lipinski definition) is 1. The normalized spacial score (nSPS) is 14.7. The fourth-order valence-corrected chi connectivity index (χ4v) is 3.50. The third-order valence-corrected chi connectivity index (χ3v) is 5.21. The molecule has 27 heavy (non-hydrogen) atoms. The second-order valence-corrected chi connectivity index (χ2v) is 7.18. The lowest BCUT2D eigenvalue weighted by Crippen LogP contribution is -2.41. The summed E-state index contributed by atoms with van der Waals surface area (Å²) in [5.41, 5.74) is 1.75. The van der Waals surface area contributed by atoms with Crippen LogP contribution in [0.4, 0.5) is 4.39 Å². The number of rotatable bonds is 5. The highest BCUT2D eigenvalue weighted by molar-refractivity contribution is 6.30. The highest BCUT2D eigenvalue weighted by atomic mass is 35.5. The summed E-state index contributed by atoms with van der Waals surface area (Å²) in [4.78, 5) is 14.5. The molecule has 146 valence electrons. The third-order valence-electron chi connectivity index (χ3n) is 4.96. The van der Waals surface area contributed by atoms with Crippen LogP contribution < -0.4 is 5.32 Å². The van der Waals surface area contributed by atoms with Gasteiger partial charge >= 0.3 is 0 Å². The molecule has 0 radical (unpaired) electrons. The molecule has 0 bridgehead atoms. The molecule has 0 unspecified atom stereocenters. The Morgan fingerprint density at radius 1 is 1.15 bits per heavy atom. The number of nitrogens with one attached hydrogen (secondary N) is 1. The average Bonchev–Trinajstić information content (AvgIpc) is 2.67. The van der Waals surface area contributed by atoms with Crippen LogP contribution in [0.2, 0.25) is 5.02 Å². The van der Waals surface area contributed by atoms with Gasteiger partial charge in [0.05, 0.1) is 5.56 Å². The molecule has 1 heterocycles. The Kier molecular flexibility index (Phi) is 8.08. The summed E-state index contributed by atoms with van der Waals surface area (Å²) in [7, 11) is 0. The maximum atomic E-state index is 14.6. The molecule has 2 aromatic carbocycles. The Labute approximate surface area is 171 Å². The summed E-state index contributed by atoms with van der Waals surface area (Å²) in [6, 6.07) is 12.0. The molecule has 3 nitrogen and oxygen atoms in total. The molecule has 0 saturated carbocycles. The van der Waals surface area contributed by atoms with Gasteiger partial charge in [-0.2, -0.15) is 0 Å². The maximum absolute atomic E-state index is 14.6. The molecule has 1 fully saturated rings. The number of carbonyl (C=O) groups excluding carboxylic acids is 1. The first-order chi connectivity index (χ1) is 12.6. The summed E-state index contributed by atoms with van der Waals surface area (Å²) in [5.74, 6) is -0.0968. The second kappa shape index (κ2) is 10.1. The van der Waals surface area contributed by atoms with Crippen molar-refractivity contribution in [3.63, 3.8) is 0 Å². The molecule has 1 N–H and O–H groups in total. The van der Waals surface area contributed by atoms with E-state index < -0.39 is 5.82 Å². The van der Waals surface area contributed by atoms with Crippen LogP contribution in [-0.4, -0.2) is 37.0 Å². The van der Waals surface area contributed by atoms with Crippen LogP contribution in [0.25, 0.3) is 11.1 Å². The highest BCUT2D eigenvalue weighted by Crippen LogP contribution is 2.25. The van der Waals surface area contributed by atoms with E-state index in [9.17, 15) is 9.18 Å². The summed E-state index contributed by atoms with van der Waals surface area (Å²) in [6.45, 7) is 5.42. The van der Waals surface area contributed by atoms with Gasteiger partial charge < -0.3 is 10.2 Å². The van der Waals surface area contributed by atoms with Gasteiger partial charge in [0.15, 0.2) is 0 Å². The Morgan fingerprint density at radius 2 is 1.78 bits per heavy atom. The monoisotopic (exact) mass is 410 g/mol. The molecular formula is C21H25Cl2FN2O. The quantitative estimate of drug-likeness (QED) is 0.749. The van der Waals surface area contributed by atoms with E-state index in [1.54, 1.807) is 29.2 Å². The van der Waals surface area contributed by atoms with Crippen LogP contribution in [0.5, 0.6) is 0 Å². The van der Waals surface area contributed by atoms with Gasteiger partial charge in [0, 0.05) is 18.1 Å². The molecule has 3 rings (SSSR count). The van der Waals surface area contributed by atoms with E-state index in [1.807, 2.05) is 12.1 Å². The molecule has 0 aliphatic carbocycles. The van der Waals surface area contributed by atoms with Crippen molar-refractivity contribution in [1.82, 2.24) is 10.2 Å². The van der Waals surface area contributed by atoms with Gasteiger partial charge in [-0.15, -0.1) is 12.4 Å². The number of piperidine rings is 1. The molecule has 1 amide bonds. The van der Waals surface area contributed by atoms with Crippen molar-refractivity contribution < 1.29 is 9.18 Å². The maximum Gasteiger partial charge on any atom is 0.256 e. The van der Waals surface area contributed by atoms with Crippen LogP contribution in [0.1, 0.15) is 30.1 Å². The molecule has 6 heteroatoms. The Hall–Kier alpha value is -1.62. The fraction of sp³-hybridized carbons (Fsp3) is 0.381. The van der Waals surface area contributed by atoms with E-state index in [1.165, 1.54) is 6.07 Å². The average molecular weight is 411 g/mol. The highest BCUT2D eigenvalue weighted by Gasteiger charge is 2.25. The zero-order valence-electron chi connectivity index (χ0n) is 15.4. The largest absolute Gasteiger partial charge is 0.339 e. The van der Waals surface area contributed by atoms with Crippen molar-refractivity contribution in [3.8, 4) is 11.1 Å². The molecule has 0 aromatic heterocycles. The van der Waals surface area contributed by atoms with Gasteiger partial charge in [-0.3, -0.25) is 4.79 Å². The van der Waals surface area contributed by atoms with Crippen molar-refractivity contribution in [1.29, 1.82) is 0 Å².